The lowest BCUT2D eigenvalue weighted by Gasteiger charge is -2.22. The van der Waals surface area contributed by atoms with Crippen LogP contribution in [0.25, 0.3) is 0 Å². The van der Waals surface area contributed by atoms with E-state index in [4.69, 9.17) is 10.5 Å². The largest absolute Gasteiger partial charge is 0.465 e. The number of benzene rings is 1. The molecule has 0 saturated heterocycles. The Morgan fingerprint density at radius 3 is 2.50 bits per heavy atom. The van der Waals surface area contributed by atoms with Gasteiger partial charge in [0.2, 0.25) is 0 Å². The smallest absolute Gasteiger partial charge is 0.326 e. The summed E-state index contributed by atoms with van der Waals surface area (Å²) in [7, 11) is 0. The number of rotatable bonds is 4. The molecule has 3 nitrogen and oxygen atoms in total. The number of halogens is 1. The molecule has 0 aliphatic carbocycles. The van der Waals surface area contributed by atoms with E-state index in [1.54, 1.807) is 13.8 Å². The molecule has 0 unspecified atom stereocenters. The third-order valence-corrected chi connectivity index (χ3v) is 2.95. The van der Waals surface area contributed by atoms with Crippen molar-refractivity contribution < 1.29 is 9.53 Å². The van der Waals surface area contributed by atoms with E-state index in [0.717, 1.165) is 9.13 Å². The van der Waals surface area contributed by atoms with Gasteiger partial charge in [0.05, 0.1) is 6.61 Å². The van der Waals surface area contributed by atoms with Gasteiger partial charge in [0.15, 0.2) is 0 Å². The Bertz CT molecular complexity index is 360. The van der Waals surface area contributed by atoms with Crippen LogP contribution >= 0.6 is 22.6 Å². The maximum atomic E-state index is 11.6. The van der Waals surface area contributed by atoms with Crippen molar-refractivity contribution in [1.29, 1.82) is 0 Å². The molecule has 2 N–H and O–H groups in total. The summed E-state index contributed by atoms with van der Waals surface area (Å²) in [4.78, 5) is 11.6. The SMILES string of the molecule is CCOC(=O)[C@](C)(N)Cc1ccc(I)cc1. The molecule has 0 aromatic heterocycles. The van der Waals surface area contributed by atoms with E-state index in [0.29, 0.717) is 13.0 Å². The zero-order valence-electron chi connectivity index (χ0n) is 9.50. The van der Waals surface area contributed by atoms with Crippen molar-refractivity contribution in [2.75, 3.05) is 6.61 Å². The number of carbonyl (C=O) groups excluding carboxylic acids is 1. The van der Waals surface area contributed by atoms with Crippen LogP contribution in [0.2, 0.25) is 0 Å². The highest BCUT2D eigenvalue weighted by Gasteiger charge is 2.29. The van der Waals surface area contributed by atoms with Crippen LogP contribution in [-0.4, -0.2) is 18.1 Å². The van der Waals surface area contributed by atoms with Crippen LogP contribution in [0.15, 0.2) is 24.3 Å². The maximum absolute atomic E-state index is 11.6. The lowest BCUT2D eigenvalue weighted by Crippen LogP contribution is -2.48. The van der Waals surface area contributed by atoms with Crippen LogP contribution in [0.5, 0.6) is 0 Å². The first kappa shape index (κ1) is 13.4. The predicted octanol–water partition coefficient (Wildman–Crippen LogP) is 2.11. The molecule has 0 aliphatic heterocycles. The van der Waals surface area contributed by atoms with Gasteiger partial charge in [0, 0.05) is 9.99 Å². The lowest BCUT2D eigenvalue weighted by molar-refractivity contribution is -0.148. The highest BCUT2D eigenvalue weighted by atomic mass is 127. The summed E-state index contributed by atoms with van der Waals surface area (Å²) in [5.74, 6) is -0.353. The number of esters is 1. The van der Waals surface area contributed by atoms with Crippen LogP contribution in [0.4, 0.5) is 0 Å². The topological polar surface area (TPSA) is 52.3 Å². The average molecular weight is 333 g/mol. The fraction of sp³-hybridized carbons (Fsp3) is 0.417. The summed E-state index contributed by atoms with van der Waals surface area (Å²) < 4.78 is 6.10. The minimum atomic E-state index is -0.956. The lowest BCUT2D eigenvalue weighted by atomic mass is 9.94. The van der Waals surface area contributed by atoms with Gasteiger partial charge in [0.25, 0.3) is 0 Å². The summed E-state index contributed by atoms with van der Waals surface area (Å²) in [6, 6.07) is 7.95. The molecule has 1 aromatic carbocycles. The highest BCUT2D eigenvalue weighted by Crippen LogP contribution is 2.14. The summed E-state index contributed by atoms with van der Waals surface area (Å²) in [6.45, 7) is 3.83. The van der Waals surface area contributed by atoms with Crippen molar-refractivity contribution >= 4 is 28.6 Å². The van der Waals surface area contributed by atoms with Crippen molar-refractivity contribution in [3.05, 3.63) is 33.4 Å². The monoisotopic (exact) mass is 333 g/mol. The molecule has 0 bridgehead atoms. The fourth-order valence-electron chi connectivity index (χ4n) is 1.39. The van der Waals surface area contributed by atoms with E-state index >= 15 is 0 Å². The first-order valence-electron chi connectivity index (χ1n) is 5.16. The Labute approximate surface area is 109 Å². The van der Waals surface area contributed by atoms with E-state index < -0.39 is 5.54 Å². The van der Waals surface area contributed by atoms with Gasteiger partial charge in [0.1, 0.15) is 5.54 Å². The second-order valence-electron chi connectivity index (χ2n) is 3.94. The molecule has 88 valence electrons. The van der Waals surface area contributed by atoms with Crippen molar-refractivity contribution in [2.45, 2.75) is 25.8 Å². The predicted molar refractivity (Wildman–Crippen MR) is 72.1 cm³/mol. The second kappa shape index (κ2) is 5.63. The molecule has 0 fully saturated rings. The molecule has 0 heterocycles. The molecule has 0 amide bonds. The number of carbonyl (C=O) groups is 1. The minimum absolute atomic E-state index is 0.353. The van der Waals surface area contributed by atoms with Gasteiger partial charge in [-0.05, 0) is 54.1 Å². The van der Waals surface area contributed by atoms with Gasteiger partial charge >= 0.3 is 5.97 Å². The maximum Gasteiger partial charge on any atom is 0.326 e. The number of ether oxygens (including phenoxy) is 1. The Morgan fingerprint density at radius 2 is 2.00 bits per heavy atom. The Kier molecular flexibility index (Phi) is 4.73. The van der Waals surface area contributed by atoms with Crippen LogP contribution in [0.3, 0.4) is 0 Å². The van der Waals surface area contributed by atoms with Gasteiger partial charge in [-0.2, -0.15) is 0 Å². The summed E-state index contributed by atoms with van der Waals surface area (Å²) >= 11 is 2.24. The molecule has 0 radical (unpaired) electrons. The summed E-state index contributed by atoms with van der Waals surface area (Å²) in [5.41, 5.74) is 6.02. The van der Waals surface area contributed by atoms with E-state index in [1.807, 2.05) is 24.3 Å². The third kappa shape index (κ3) is 3.75. The molecule has 16 heavy (non-hydrogen) atoms. The van der Waals surface area contributed by atoms with Gasteiger partial charge in [-0.15, -0.1) is 0 Å². The molecular formula is C12H16INO2. The van der Waals surface area contributed by atoms with E-state index in [2.05, 4.69) is 22.6 Å². The zero-order chi connectivity index (χ0) is 12.2. The summed E-state index contributed by atoms with van der Waals surface area (Å²) in [6.07, 6.45) is 0.489. The van der Waals surface area contributed by atoms with Gasteiger partial charge in [-0.25, -0.2) is 0 Å². The third-order valence-electron chi connectivity index (χ3n) is 2.23. The molecule has 4 heteroatoms. The molecule has 0 aliphatic rings. The molecule has 0 spiro atoms. The molecule has 0 saturated carbocycles. The van der Waals surface area contributed by atoms with Crippen molar-refractivity contribution in [3.8, 4) is 0 Å². The van der Waals surface area contributed by atoms with Crippen molar-refractivity contribution in [2.24, 2.45) is 5.73 Å². The van der Waals surface area contributed by atoms with E-state index in [-0.39, 0.29) is 5.97 Å². The van der Waals surface area contributed by atoms with Crippen LogP contribution < -0.4 is 5.73 Å². The Morgan fingerprint density at radius 1 is 1.44 bits per heavy atom. The van der Waals surface area contributed by atoms with Crippen molar-refractivity contribution in [1.82, 2.24) is 0 Å². The molecule has 1 aromatic rings. The van der Waals surface area contributed by atoms with E-state index in [1.165, 1.54) is 0 Å². The van der Waals surface area contributed by atoms with Crippen molar-refractivity contribution in [3.63, 3.8) is 0 Å². The standard InChI is InChI=1S/C12H16INO2/c1-3-16-11(15)12(2,14)8-9-4-6-10(13)7-5-9/h4-7H,3,8,14H2,1-2H3/t12-/m1/s1. The quantitative estimate of drug-likeness (QED) is 0.678. The average Bonchev–Trinajstić information content (AvgIpc) is 2.21. The number of nitrogens with two attached hydrogens (primary N) is 1. The number of hydrogen-bond acceptors (Lipinski definition) is 3. The molecular weight excluding hydrogens is 317 g/mol. The van der Waals surface area contributed by atoms with Crippen LogP contribution in [-0.2, 0) is 16.0 Å². The summed E-state index contributed by atoms with van der Waals surface area (Å²) in [5, 5.41) is 0. The molecule has 1 rings (SSSR count). The second-order valence-corrected chi connectivity index (χ2v) is 5.19. The number of hydrogen-bond donors (Lipinski definition) is 1. The Hall–Kier alpha value is -0.620. The van der Waals surface area contributed by atoms with Gasteiger partial charge < -0.3 is 10.5 Å². The van der Waals surface area contributed by atoms with Crippen LogP contribution in [0, 0.1) is 3.57 Å². The fourth-order valence-corrected chi connectivity index (χ4v) is 1.75. The Balaban J connectivity index is 2.72. The van der Waals surface area contributed by atoms with Gasteiger partial charge in [-0.3, -0.25) is 4.79 Å². The first-order valence-corrected chi connectivity index (χ1v) is 6.24. The normalized spacial score (nSPS) is 14.2. The first-order chi connectivity index (χ1) is 7.45. The highest BCUT2D eigenvalue weighted by molar-refractivity contribution is 14.1. The minimum Gasteiger partial charge on any atom is -0.465 e. The van der Waals surface area contributed by atoms with E-state index in [9.17, 15) is 4.79 Å². The van der Waals surface area contributed by atoms with Crippen LogP contribution in [0.1, 0.15) is 19.4 Å². The molecule has 1 atom stereocenters. The van der Waals surface area contributed by atoms with Gasteiger partial charge in [-0.1, -0.05) is 12.1 Å². The zero-order valence-corrected chi connectivity index (χ0v) is 11.7.